The Bertz CT molecular complexity index is 387. The van der Waals surface area contributed by atoms with Crippen molar-refractivity contribution in [2.75, 3.05) is 32.7 Å². The Hall–Kier alpha value is -1.00. The first-order valence-electron chi connectivity index (χ1n) is 6.47. The van der Waals surface area contributed by atoms with Crippen molar-refractivity contribution in [1.29, 1.82) is 0 Å². The molecule has 0 aromatic heterocycles. The van der Waals surface area contributed by atoms with Gasteiger partial charge in [0.1, 0.15) is 0 Å². The highest BCUT2D eigenvalue weighted by molar-refractivity contribution is 5.32. The quantitative estimate of drug-likeness (QED) is 0.887. The van der Waals surface area contributed by atoms with Gasteiger partial charge in [-0.05, 0) is 30.5 Å². The van der Waals surface area contributed by atoms with Crippen LogP contribution in [0.1, 0.15) is 23.1 Å². The third-order valence-electron chi connectivity index (χ3n) is 3.53. The van der Waals surface area contributed by atoms with Crippen molar-refractivity contribution < 1.29 is 8.78 Å². The Balaban J connectivity index is 1.97. The van der Waals surface area contributed by atoms with Crippen molar-refractivity contribution in [3.63, 3.8) is 0 Å². The molecule has 2 rings (SSSR count). The first-order chi connectivity index (χ1) is 8.66. The van der Waals surface area contributed by atoms with Gasteiger partial charge in [0.2, 0.25) is 0 Å². The Morgan fingerprint density at radius 2 is 2.00 bits per heavy atom. The molecule has 0 aliphatic carbocycles. The van der Waals surface area contributed by atoms with Crippen LogP contribution >= 0.6 is 0 Å². The van der Waals surface area contributed by atoms with E-state index in [2.05, 4.69) is 10.2 Å². The molecule has 1 aromatic carbocycles. The molecule has 1 heterocycles. The summed E-state index contributed by atoms with van der Waals surface area (Å²) in [6, 6.07) is 4.98. The Kier molecular flexibility index (Phi) is 4.66. The first-order valence-corrected chi connectivity index (χ1v) is 6.47. The van der Waals surface area contributed by atoms with Gasteiger partial charge in [-0.2, -0.15) is 0 Å². The smallest absolute Gasteiger partial charge is 0.263 e. The van der Waals surface area contributed by atoms with Gasteiger partial charge in [0, 0.05) is 38.3 Å². The van der Waals surface area contributed by atoms with Gasteiger partial charge in [0.25, 0.3) is 6.43 Å². The minimum atomic E-state index is -2.37. The second kappa shape index (κ2) is 6.25. The highest BCUT2D eigenvalue weighted by atomic mass is 19.3. The van der Waals surface area contributed by atoms with Crippen LogP contribution in [0.15, 0.2) is 18.2 Å². The number of piperazine rings is 1. The van der Waals surface area contributed by atoms with Gasteiger partial charge < -0.3 is 10.2 Å². The second-order valence-electron chi connectivity index (χ2n) is 4.83. The lowest BCUT2D eigenvalue weighted by atomic mass is 10.0. The van der Waals surface area contributed by atoms with Crippen molar-refractivity contribution in [3.8, 4) is 0 Å². The van der Waals surface area contributed by atoms with Crippen molar-refractivity contribution in [3.05, 3.63) is 34.9 Å². The molecule has 1 aromatic rings. The summed E-state index contributed by atoms with van der Waals surface area (Å²) in [5.41, 5.74) is 2.29. The van der Waals surface area contributed by atoms with Crippen LogP contribution in [0.3, 0.4) is 0 Å². The Labute approximate surface area is 107 Å². The summed E-state index contributed by atoms with van der Waals surface area (Å²) >= 11 is 0. The molecule has 100 valence electrons. The fourth-order valence-corrected chi connectivity index (χ4v) is 2.31. The van der Waals surface area contributed by atoms with Crippen LogP contribution in [0.2, 0.25) is 0 Å². The van der Waals surface area contributed by atoms with Gasteiger partial charge in [-0.25, -0.2) is 8.78 Å². The molecular formula is C14H20F2N2. The lowest BCUT2D eigenvalue weighted by molar-refractivity contribution is 0.151. The summed E-state index contributed by atoms with van der Waals surface area (Å²) in [4.78, 5) is 2.38. The molecule has 1 aliphatic heterocycles. The summed E-state index contributed by atoms with van der Waals surface area (Å²) in [5.74, 6) is 0. The van der Waals surface area contributed by atoms with E-state index in [0.717, 1.165) is 50.3 Å². The number of aryl methyl sites for hydroxylation is 1. The minimum absolute atomic E-state index is 0.135. The van der Waals surface area contributed by atoms with Gasteiger partial charge in [0.15, 0.2) is 0 Å². The molecule has 0 saturated carbocycles. The molecular weight excluding hydrogens is 234 g/mol. The van der Waals surface area contributed by atoms with E-state index in [1.54, 1.807) is 12.1 Å². The number of hydrogen-bond donors (Lipinski definition) is 1. The molecule has 1 saturated heterocycles. The number of halogens is 2. The van der Waals surface area contributed by atoms with Crippen molar-refractivity contribution in [2.24, 2.45) is 0 Å². The molecule has 1 aliphatic rings. The summed E-state index contributed by atoms with van der Waals surface area (Å²) in [6.45, 7) is 7.09. The van der Waals surface area contributed by atoms with Gasteiger partial charge >= 0.3 is 0 Å². The molecule has 4 heteroatoms. The van der Waals surface area contributed by atoms with E-state index < -0.39 is 6.43 Å². The fourth-order valence-electron chi connectivity index (χ4n) is 2.31. The maximum atomic E-state index is 12.7. The van der Waals surface area contributed by atoms with Gasteiger partial charge in [0.05, 0.1) is 0 Å². The van der Waals surface area contributed by atoms with Gasteiger partial charge in [-0.1, -0.05) is 12.1 Å². The molecule has 18 heavy (non-hydrogen) atoms. The molecule has 0 spiro atoms. The van der Waals surface area contributed by atoms with Crippen LogP contribution in [0, 0.1) is 6.92 Å². The SMILES string of the molecule is Cc1ccc(C(F)F)cc1CCN1CCNCC1. The zero-order chi connectivity index (χ0) is 13.0. The third kappa shape index (κ3) is 3.50. The number of benzene rings is 1. The number of alkyl halides is 2. The van der Waals surface area contributed by atoms with Crippen molar-refractivity contribution in [2.45, 2.75) is 19.8 Å². The molecule has 0 atom stereocenters. The topological polar surface area (TPSA) is 15.3 Å². The number of nitrogens with zero attached hydrogens (tertiary/aromatic N) is 1. The molecule has 1 N–H and O–H groups in total. The minimum Gasteiger partial charge on any atom is -0.314 e. The predicted molar refractivity (Wildman–Crippen MR) is 69.1 cm³/mol. The van der Waals surface area contributed by atoms with E-state index >= 15 is 0 Å². The normalized spacial score (nSPS) is 17.3. The predicted octanol–water partition coefficient (Wildman–Crippen LogP) is 2.38. The van der Waals surface area contributed by atoms with E-state index in [1.807, 2.05) is 6.92 Å². The van der Waals surface area contributed by atoms with Crippen LogP contribution in [-0.2, 0) is 6.42 Å². The standard InChI is InChI=1S/C14H20F2N2/c1-11-2-3-13(14(15)16)10-12(11)4-7-18-8-5-17-6-9-18/h2-3,10,14,17H,4-9H2,1H3. The van der Waals surface area contributed by atoms with Crippen molar-refractivity contribution in [1.82, 2.24) is 10.2 Å². The van der Waals surface area contributed by atoms with Gasteiger partial charge in [-0.3, -0.25) is 0 Å². The lowest BCUT2D eigenvalue weighted by Gasteiger charge is -2.27. The maximum Gasteiger partial charge on any atom is 0.263 e. The Morgan fingerprint density at radius 1 is 1.28 bits per heavy atom. The lowest BCUT2D eigenvalue weighted by Crippen LogP contribution is -2.44. The van der Waals surface area contributed by atoms with Crippen LogP contribution in [-0.4, -0.2) is 37.6 Å². The monoisotopic (exact) mass is 254 g/mol. The van der Waals surface area contributed by atoms with Crippen molar-refractivity contribution >= 4 is 0 Å². The van der Waals surface area contributed by atoms with Crippen LogP contribution in [0.25, 0.3) is 0 Å². The second-order valence-corrected chi connectivity index (χ2v) is 4.83. The zero-order valence-corrected chi connectivity index (χ0v) is 10.8. The number of rotatable bonds is 4. The average molecular weight is 254 g/mol. The summed E-state index contributed by atoms with van der Waals surface area (Å²) in [6.07, 6.45) is -1.52. The van der Waals surface area contributed by atoms with Crippen LogP contribution < -0.4 is 5.32 Å². The van der Waals surface area contributed by atoms with E-state index in [1.165, 1.54) is 6.07 Å². The molecule has 0 bridgehead atoms. The van der Waals surface area contributed by atoms with E-state index in [9.17, 15) is 8.78 Å². The molecule has 0 amide bonds. The van der Waals surface area contributed by atoms with E-state index in [0.29, 0.717) is 0 Å². The molecule has 0 unspecified atom stereocenters. The highest BCUT2D eigenvalue weighted by Gasteiger charge is 2.12. The number of hydrogen-bond acceptors (Lipinski definition) is 2. The van der Waals surface area contributed by atoms with E-state index in [4.69, 9.17) is 0 Å². The van der Waals surface area contributed by atoms with E-state index in [-0.39, 0.29) is 5.56 Å². The van der Waals surface area contributed by atoms with Crippen LogP contribution in [0.5, 0.6) is 0 Å². The zero-order valence-electron chi connectivity index (χ0n) is 10.8. The average Bonchev–Trinajstić information content (AvgIpc) is 2.38. The van der Waals surface area contributed by atoms with Crippen LogP contribution in [0.4, 0.5) is 8.78 Å². The first kappa shape index (κ1) is 13.4. The summed E-state index contributed by atoms with van der Waals surface area (Å²) in [7, 11) is 0. The Morgan fingerprint density at radius 3 is 2.67 bits per heavy atom. The largest absolute Gasteiger partial charge is 0.314 e. The molecule has 2 nitrogen and oxygen atoms in total. The number of nitrogens with one attached hydrogen (secondary N) is 1. The summed E-state index contributed by atoms with van der Waals surface area (Å²) in [5, 5.41) is 3.31. The molecule has 1 fully saturated rings. The molecule has 0 radical (unpaired) electrons. The maximum absolute atomic E-state index is 12.7. The highest BCUT2D eigenvalue weighted by Crippen LogP contribution is 2.22. The van der Waals surface area contributed by atoms with Gasteiger partial charge in [-0.15, -0.1) is 0 Å². The fraction of sp³-hybridized carbons (Fsp3) is 0.571. The summed E-state index contributed by atoms with van der Waals surface area (Å²) < 4.78 is 25.3. The third-order valence-corrected chi connectivity index (χ3v) is 3.53.